The van der Waals surface area contributed by atoms with Gasteiger partial charge in [-0.25, -0.2) is 0 Å². The predicted molar refractivity (Wildman–Crippen MR) is 68.6 cm³/mol. The van der Waals surface area contributed by atoms with Gasteiger partial charge in [-0.2, -0.15) is 0 Å². The number of ether oxygens (including phenoxy) is 2. The minimum absolute atomic E-state index is 0.0146. The summed E-state index contributed by atoms with van der Waals surface area (Å²) in [6.45, 7) is 11.3. The Morgan fingerprint density at radius 2 is 1.82 bits per heavy atom. The van der Waals surface area contributed by atoms with Gasteiger partial charge in [0.1, 0.15) is 0 Å². The van der Waals surface area contributed by atoms with Gasteiger partial charge in [-0.1, -0.05) is 45.0 Å². The number of rotatable bonds is 0. The largest absolute Gasteiger partial charge is 0.347 e. The van der Waals surface area contributed by atoms with Crippen LogP contribution in [0.2, 0.25) is 0 Å². The monoisotopic (exact) mass is 234 g/mol. The van der Waals surface area contributed by atoms with E-state index in [0.29, 0.717) is 6.61 Å². The number of hydrogen-bond donors (Lipinski definition) is 0. The first-order valence-electron chi connectivity index (χ1n) is 6.18. The summed E-state index contributed by atoms with van der Waals surface area (Å²) in [5.74, 6) is 0. The fourth-order valence-corrected chi connectivity index (χ4v) is 2.19. The van der Waals surface area contributed by atoms with E-state index < -0.39 is 0 Å². The topological polar surface area (TPSA) is 18.5 Å². The Morgan fingerprint density at radius 1 is 1.18 bits per heavy atom. The first kappa shape index (κ1) is 12.6. The number of benzene rings is 1. The van der Waals surface area contributed by atoms with Crippen LogP contribution in [0, 0.1) is 5.41 Å². The third-order valence-corrected chi connectivity index (χ3v) is 3.16. The van der Waals surface area contributed by atoms with E-state index in [1.54, 1.807) is 0 Å². The molecule has 1 aromatic rings. The van der Waals surface area contributed by atoms with Crippen molar-refractivity contribution in [1.82, 2.24) is 0 Å². The van der Waals surface area contributed by atoms with Crippen molar-refractivity contribution >= 4 is 0 Å². The molecule has 1 aromatic carbocycles. The second kappa shape index (κ2) is 4.11. The molecule has 0 aliphatic carbocycles. The van der Waals surface area contributed by atoms with Crippen molar-refractivity contribution in [1.29, 1.82) is 0 Å². The second-order valence-electron chi connectivity index (χ2n) is 6.29. The lowest BCUT2D eigenvalue weighted by Crippen LogP contribution is -2.36. The van der Waals surface area contributed by atoms with Crippen molar-refractivity contribution in [3.05, 3.63) is 35.4 Å². The highest BCUT2D eigenvalue weighted by molar-refractivity contribution is 5.31. The molecule has 0 radical (unpaired) electrons. The van der Waals surface area contributed by atoms with E-state index in [9.17, 15) is 0 Å². The Bertz CT molecular complexity index is 402. The van der Waals surface area contributed by atoms with Crippen molar-refractivity contribution in [3.63, 3.8) is 0 Å². The van der Waals surface area contributed by atoms with Gasteiger partial charge in [0.15, 0.2) is 6.29 Å². The van der Waals surface area contributed by atoms with Gasteiger partial charge in [0.25, 0.3) is 0 Å². The molecule has 0 saturated carbocycles. The normalized spacial score (nSPS) is 23.9. The summed E-state index contributed by atoms with van der Waals surface area (Å²) in [4.78, 5) is 0. The maximum atomic E-state index is 6.17. The van der Waals surface area contributed by atoms with Crippen LogP contribution in [0.4, 0.5) is 0 Å². The molecule has 1 aliphatic heterocycles. The summed E-state index contributed by atoms with van der Waals surface area (Å²) < 4.78 is 12.1. The van der Waals surface area contributed by atoms with Crippen LogP contribution >= 0.6 is 0 Å². The summed E-state index contributed by atoms with van der Waals surface area (Å²) in [7, 11) is 0. The van der Waals surface area contributed by atoms with Crippen molar-refractivity contribution in [3.8, 4) is 0 Å². The summed E-state index contributed by atoms with van der Waals surface area (Å²) in [6, 6.07) is 8.35. The molecule has 17 heavy (non-hydrogen) atoms. The number of hydrogen-bond acceptors (Lipinski definition) is 2. The molecule has 1 aliphatic rings. The van der Waals surface area contributed by atoms with Crippen LogP contribution in [0.5, 0.6) is 0 Å². The van der Waals surface area contributed by atoms with E-state index in [1.165, 1.54) is 11.1 Å². The molecule has 0 aromatic heterocycles. The van der Waals surface area contributed by atoms with Gasteiger partial charge in [0.2, 0.25) is 0 Å². The fourth-order valence-electron chi connectivity index (χ4n) is 2.19. The van der Waals surface area contributed by atoms with E-state index in [-0.39, 0.29) is 17.3 Å². The lowest BCUT2D eigenvalue weighted by Gasteiger charge is -2.35. The quantitative estimate of drug-likeness (QED) is 0.679. The zero-order chi connectivity index (χ0) is 12.7. The van der Waals surface area contributed by atoms with Crippen molar-refractivity contribution in [2.45, 2.75) is 53.1 Å². The minimum atomic E-state index is -0.301. The van der Waals surface area contributed by atoms with Crippen LogP contribution in [-0.2, 0) is 21.7 Å². The van der Waals surface area contributed by atoms with Gasteiger partial charge in [-0.05, 0) is 25.0 Å². The lowest BCUT2D eigenvalue weighted by atomic mass is 9.92. The molecule has 0 spiro atoms. The standard InChI is InChI=1S/C15H22O2/c1-14(2,3)13-16-10-11-8-6-7-9-12(11)15(4,5)17-13/h6-9,13H,10H2,1-5H3. The zero-order valence-electron chi connectivity index (χ0n) is 11.4. The average molecular weight is 234 g/mol. The minimum Gasteiger partial charge on any atom is -0.347 e. The highest BCUT2D eigenvalue weighted by Crippen LogP contribution is 2.37. The van der Waals surface area contributed by atoms with E-state index >= 15 is 0 Å². The maximum absolute atomic E-state index is 6.17. The molecule has 0 amide bonds. The van der Waals surface area contributed by atoms with Gasteiger partial charge >= 0.3 is 0 Å². The summed E-state index contributed by atoms with van der Waals surface area (Å²) >= 11 is 0. The van der Waals surface area contributed by atoms with Crippen LogP contribution in [0.15, 0.2) is 24.3 Å². The Hall–Kier alpha value is -0.860. The fraction of sp³-hybridized carbons (Fsp3) is 0.600. The third-order valence-electron chi connectivity index (χ3n) is 3.16. The molecule has 2 rings (SSSR count). The highest BCUT2D eigenvalue weighted by atomic mass is 16.7. The predicted octanol–water partition coefficient (Wildman–Crippen LogP) is 3.84. The van der Waals surface area contributed by atoms with Gasteiger partial charge in [-0.15, -0.1) is 0 Å². The number of fused-ring (bicyclic) bond motifs is 1. The van der Waals surface area contributed by atoms with Gasteiger partial charge < -0.3 is 9.47 Å². The lowest BCUT2D eigenvalue weighted by molar-refractivity contribution is -0.243. The van der Waals surface area contributed by atoms with Crippen LogP contribution in [0.1, 0.15) is 45.7 Å². The Balaban J connectivity index is 2.37. The maximum Gasteiger partial charge on any atom is 0.163 e. The summed E-state index contributed by atoms with van der Waals surface area (Å²) in [5.41, 5.74) is 2.14. The van der Waals surface area contributed by atoms with E-state index in [4.69, 9.17) is 9.47 Å². The average Bonchev–Trinajstić information content (AvgIpc) is 2.35. The second-order valence-corrected chi connectivity index (χ2v) is 6.29. The highest BCUT2D eigenvalue weighted by Gasteiger charge is 2.37. The molecular weight excluding hydrogens is 212 g/mol. The molecule has 2 heteroatoms. The van der Waals surface area contributed by atoms with Gasteiger partial charge in [-0.3, -0.25) is 0 Å². The first-order chi connectivity index (χ1) is 7.81. The molecule has 2 nitrogen and oxygen atoms in total. The van der Waals surface area contributed by atoms with Gasteiger partial charge in [0.05, 0.1) is 12.2 Å². The molecule has 1 atom stereocenters. The molecular formula is C15H22O2. The Morgan fingerprint density at radius 3 is 2.47 bits per heavy atom. The smallest absolute Gasteiger partial charge is 0.163 e. The van der Waals surface area contributed by atoms with E-state index in [2.05, 4.69) is 58.9 Å². The molecule has 0 bridgehead atoms. The van der Waals surface area contributed by atoms with Crippen LogP contribution < -0.4 is 0 Å². The zero-order valence-corrected chi connectivity index (χ0v) is 11.4. The molecule has 94 valence electrons. The van der Waals surface area contributed by atoms with E-state index in [0.717, 1.165) is 0 Å². The van der Waals surface area contributed by atoms with Crippen molar-refractivity contribution in [2.24, 2.45) is 5.41 Å². The molecule has 0 saturated heterocycles. The van der Waals surface area contributed by atoms with Crippen molar-refractivity contribution in [2.75, 3.05) is 0 Å². The molecule has 1 heterocycles. The van der Waals surface area contributed by atoms with Crippen molar-refractivity contribution < 1.29 is 9.47 Å². The first-order valence-corrected chi connectivity index (χ1v) is 6.18. The summed E-state index contributed by atoms with van der Waals surface area (Å²) in [5, 5.41) is 0. The van der Waals surface area contributed by atoms with Crippen LogP contribution in [0.25, 0.3) is 0 Å². The Labute approximate surface area is 104 Å². The van der Waals surface area contributed by atoms with Gasteiger partial charge in [0, 0.05) is 5.41 Å². The van der Waals surface area contributed by atoms with Crippen LogP contribution in [-0.4, -0.2) is 6.29 Å². The third kappa shape index (κ3) is 2.53. The van der Waals surface area contributed by atoms with E-state index in [1.807, 2.05) is 0 Å². The Kier molecular flexibility index (Phi) is 3.04. The molecule has 0 fully saturated rings. The van der Waals surface area contributed by atoms with Crippen LogP contribution in [0.3, 0.4) is 0 Å². The molecule has 1 unspecified atom stereocenters. The molecule has 0 N–H and O–H groups in total. The summed E-state index contributed by atoms with van der Waals surface area (Å²) in [6.07, 6.45) is -0.176. The SMILES string of the molecule is CC1(C)OC(C(C)(C)C)OCc2ccccc21.